The maximum atomic E-state index is 12.8. The van der Waals surface area contributed by atoms with E-state index >= 15 is 0 Å². The Kier molecular flexibility index (Phi) is 6.18. The van der Waals surface area contributed by atoms with Gasteiger partial charge in [-0.05, 0) is 56.1 Å². The van der Waals surface area contributed by atoms with Crippen LogP contribution in [0.15, 0.2) is 41.3 Å². The molecule has 1 aliphatic heterocycles. The van der Waals surface area contributed by atoms with Gasteiger partial charge >= 0.3 is 6.18 Å². The van der Waals surface area contributed by atoms with Gasteiger partial charge in [0.2, 0.25) is 0 Å². The second kappa shape index (κ2) is 8.60. The van der Waals surface area contributed by atoms with Gasteiger partial charge in [0, 0.05) is 18.4 Å². The smallest absolute Gasteiger partial charge is 0.328 e. The number of H-pyrrole nitrogens is 1. The van der Waals surface area contributed by atoms with Gasteiger partial charge in [0.25, 0.3) is 11.5 Å². The van der Waals surface area contributed by atoms with Crippen LogP contribution in [0.25, 0.3) is 0 Å². The van der Waals surface area contributed by atoms with E-state index in [1.54, 1.807) is 12.1 Å². The zero-order chi connectivity index (χ0) is 20.1. The number of aromatic amines is 1. The van der Waals surface area contributed by atoms with E-state index in [1.165, 1.54) is 19.3 Å². The summed E-state index contributed by atoms with van der Waals surface area (Å²) in [6, 6.07) is 7.67. The first-order chi connectivity index (χ1) is 13.3. The molecule has 28 heavy (non-hydrogen) atoms. The van der Waals surface area contributed by atoms with Gasteiger partial charge in [0.05, 0.1) is 5.56 Å². The van der Waals surface area contributed by atoms with Gasteiger partial charge in [0.15, 0.2) is 0 Å². The van der Waals surface area contributed by atoms with E-state index in [0.29, 0.717) is 18.0 Å². The van der Waals surface area contributed by atoms with Crippen molar-refractivity contribution >= 4 is 11.6 Å². The molecule has 1 saturated heterocycles. The molecule has 2 heterocycles. The summed E-state index contributed by atoms with van der Waals surface area (Å²) in [7, 11) is 0. The summed E-state index contributed by atoms with van der Waals surface area (Å²) >= 11 is 0. The number of nitrogens with one attached hydrogen (secondary N) is 2. The fourth-order valence-corrected chi connectivity index (χ4v) is 3.24. The van der Waals surface area contributed by atoms with Crippen molar-refractivity contribution < 1.29 is 18.0 Å². The van der Waals surface area contributed by atoms with Gasteiger partial charge in [-0.2, -0.15) is 13.2 Å². The summed E-state index contributed by atoms with van der Waals surface area (Å²) in [6.45, 7) is 3.23. The molecule has 0 aliphatic carbocycles. The quantitative estimate of drug-likeness (QED) is 0.815. The second-order valence-electron chi connectivity index (χ2n) is 6.93. The Morgan fingerprint density at radius 1 is 1.11 bits per heavy atom. The third-order valence-electron chi connectivity index (χ3n) is 4.85. The van der Waals surface area contributed by atoms with E-state index in [-0.39, 0.29) is 0 Å². The maximum absolute atomic E-state index is 12.8. The maximum Gasteiger partial charge on any atom is 0.417 e. The highest BCUT2D eigenvalue weighted by Crippen LogP contribution is 2.28. The molecule has 0 saturated carbocycles. The lowest BCUT2D eigenvalue weighted by molar-refractivity contribution is -0.137. The first-order valence-corrected chi connectivity index (χ1v) is 9.25. The van der Waals surface area contributed by atoms with Crippen LogP contribution in [0, 0.1) is 0 Å². The lowest BCUT2D eigenvalue weighted by Gasteiger charge is -2.26. The van der Waals surface area contributed by atoms with Crippen molar-refractivity contribution in [1.29, 1.82) is 0 Å². The Hall–Kier alpha value is -2.61. The number of nitrogens with zero attached hydrogens (tertiary/aromatic N) is 1. The van der Waals surface area contributed by atoms with Crippen LogP contribution in [0.2, 0.25) is 0 Å². The molecular weight excluding hydrogens is 371 g/mol. The summed E-state index contributed by atoms with van der Waals surface area (Å²) < 4.78 is 38.4. The highest BCUT2D eigenvalue weighted by atomic mass is 19.4. The molecular formula is C20H22F3N3O2. The molecule has 0 radical (unpaired) electrons. The molecule has 1 fully saturated rings. The average molecular weight is 393 g/mol. The van der Waals surface area contributed by atoms with Crippen LogP contribution in [-0.2, 0) is 12.6 Å². The van der Waals surface area contributed by atoms with Crippen LogP contribution < -0.4 is 10.9 Å². The number of halogens is 3. The second-order valence-corrected chi connectivity index (χ2v) is 6.93. The van der Waals surface area contributed by atoms with Gasteiger partial charge < -0.3 is 15.2 Å². The number of likely N-dealkylation sites (tertiary alicyclic amines) is 1. The molecule has 0 unspecified atom stereocenters. The Balaban J connectivity index is 1.62. The zero-order valence-corrected chi connectivity index (χ0v) is 15.3. The SMILES string of the molecule is O=C(Nc1ccc(CCN2CCCCC2)cc1)c1cc(C(F)(F)F)c[nH]c1=O. The van der Waals surface area contributed by atoms with Crippen LogP contribution >= 0.6 is 0 Å². The number of anilines is 1. The fourth-order valence-electron chi connectivity index (χ4n) is 3.24. The van der Waals surface area contributed by atoms with Gasteiger partial charge in [-0.1, -0.05) is 18.6 Å². The molecule has 2 aromatic rings. The number of alkyl halides is 3. The minimum absolute atomic E-state index is 0.420. The number of hydrogen-bond donors (Lipinski definition) is 2. The molecule has 3 rings (SSSR count). The molecule has 5 nitrogen and oxygen atoms in total. The van der Waals surface area contributed by atoms with E-state index in [2.05, 4.69) is 10.2 Å². The topological polar surface area (TPSA) is 65.2 Å². The molecule has 1 aliphatic rings. The van der Waals surface area contributed by atoms with Crippen LogP contribution in [0.3, 0.4) is 0 Å². The molecule has 1 aromatic carbocycles. The van der Waals surface area contributed by atoms with Gasteiger partial charge in [-0.3, -0.25) is 9.59 Å². The van der Waals surface area contributed by atoms with E-state index in [9.17, 15) is 22.8 Å². The number of carbonyl (C=O) groups is 1. The van der Waals surface area contributed by atoms with E-state index in [4.69, 9.17) is 0 Å². The Morgan fingerprint density at radius 3 is 2.43 bits per heavy atom. The minimum atomic E-state index is -4.64. The summed E-state index contributed by atoms with van der Waals surface area (Å²) in [5.74, 6) is -0.881. The summed E-state index contributed by atoms with van der Waals surface area (Å²) in [6.07, 6.45) is 0.561. The third-order valence-corrected chi connectivity index (χ3v) is 4.85. The van der Waals surface area contributed by atoms with Crippen LogP contribution in [-0.4, -0.2) is 35.4 Å². The molecule has 0 spiro atoms. The standard InChI is InChI=1S/C20H22F3N3O2/c21-20(22,23)15-12-17(18(27)24-13-15)19(28)25-16-6-4-14(5-7-16)8-11-26-9-2-1-3-10-26/h4-7,12-13H,1-3,8-11H2,(H,24,27)(H,25,28). The number of pyridine rings is 1. The first-order valence-electron chi connectivity index (χ1n) is 9.25. The van der Waals surface area contributed by atoms with Crippen molar-refractivity contribution in [2.45, 2.75) is 31.9 Å². The number of aromatic nitrogens is 1. The number of hydrogen-bond acceptors (Lipinski definition) is 3. The first kappa shape index (κ1) is 20.1. The minimum Gasteiger partial charge on any atom is -0.328 e. The molecule has 1 amide bonds. The van der Waals surface area contributed by atoms with Gasteiger partial charge in [-0.15, -0.1) is 0 Å². The number of rotatable bonds is 5. The molecule has 2 N–H and O–H groups in total. The zero-order valence-electron chi connectivity index (χ0n) is 15.3. The molecule has 0 bridgehead atoms. The number of amides is 1. The van der Waals surface area contributed by atoms with Gasteiger partial charge in [-0.25, -0.2) is 0 Å². The molecule has 0 atom stereocenters. The average Bonchev–Trinajstić information content (AvgIpc) is 2.67. The van der Waals surface area contributed by atoms with E-state index < -0.39 is 28.8 Å². The molecule has 8 heteroatoms. The Morgan fingerprint density at radius 2 is 1.79 bits per heavy atom. The summed E-state index contributed by atoms with van der Waals surface area (Å²) in [5.41, 5.74) is -0.998. The van der Waals surface area contributed by atoms with Crippen LogP contribution in [0.4, 0.5) is 18.9 Å². The number of piperidine rings is 1. The van der Waals surface area contributed by atoms with E-state index in [0.717, 1.165) is 31.6 Å². The molecule has 1 aromatic heterocycles. The highest BCUT2D eigenvalue weighted by Gasteiger charge is 2.32. The van der Waals surface area contributed by atoms with Crippen LogP contribution in [0.5, 0.6) is 0 Å². The highest BCUT2D eigenvalue weighted by molar-refractivity contribution is 6.04. The van der Waals surface area contributed by atoms with Crippen molar-refractivity contribution in [1.82, 2.24) is 9.88 Å². The lowest BCUT2D eigenvalue weighted by atomic mass is 10.1. The lowest BCUT2D eigenvalue weighted by Crippen LogP contribution is -2.31. The predicted octanol–water partition coefficient (Wildman–Crippen LogP) is 3.67. The number of carbonyl (C=O) groups excluding carboxylic acids is 1. The predicted molar refractivity (Wildman–Crippen MR) is 100 cm³/mol. The monoisotopic (exact) mass is 393 g/mol. The normalized spacial score (nSPS) is 15.4. The summed E-state index contributed by atoms with van der Waals surface area (Å²) in [5, 5.41) is 2.47. The van der Waals surface area contributed by atoms with Crippen molar-refractivity contribution in [3.63, 3.8) is 0 Å². The van der Waals surface area contributed by atoms with Crippen molar-refractivity contribution in [2.24, 2.45) is 0 Å². The van der Waals surface area contributed by atoms with Crippen molar-refractivity contribution in [2.75, 3.05) is 25.0 Å². The molecule has 150 valence electrons. The Labute approximate surface area is 160 Å². The van der Waals surface area contributed by atoms with Crippen LogP contribution in [0.1, 0.15) is 40.7 Å². The fraction of sp³-hybridized carbons (Fsp3) is 0.400. The van der Waals surface area contributed by atoms with Crippen molar-refractivity contribution in [3.8, 4) is 0 Å². The van der Waals surface area contributed by atoms with Gasteiger partial charge in [0.1, 0.15) is 5.56 Å². The number of benzene rings is 1. The largest absolute Gasteiger partial charge is 0.417 e. The summed E-state index contributed by atoms with van der Waals surface area (Å²) in [4.78, 5) is 28.3. The third kappa shape index (κ3) is 5.22. The van der Waals surface area contributed by atoms with Crippen molar-refractivity contribution in [3.05, 3.63) is 63.6 Å². The van der Waals surface area contributed by atoms with E-state index in [1.807, 2.05) is 17.1 Å². The Bertz CT molecular complexity index is 870.